The fourth-order valence-electron chi connectivity index (χ4n) is 5.03. The number of benzene rings is 2. The van der Waals surface area contributed by atoms with Gasteiger partial charge in [-0.05, 0) is 50.5 Å². The Morgan fingerprint density at radius 2 is 1.77 bits per heavy atom. The summed E-state index contributed by atoms with van der Waals surface area (Å²) in [5.74, 6) is 0. The van der Waals surface area contributed by atoms with Crippen molar-refractivity contribution in [3.63, 3.8) is 0 Å². The predicted octanol–water partition coefficient (Wildman–Crippen LogP) is 6.19. The summed E-state index contributed by atoms with van der Waals surface area (Å²) in [7, 11) is 0. The number of aromatic nitrogens is 2. The van der Waals surface area contributed by atoms with Crippen LogP contribution >= 0.6 is 0 Å². The fraction of sp³-hybridized carbons (Fsp3) is 0.414. The molecule has 1 amide bonds. The zero-order valence-corrected chi connectivity index (χ0v) is 21.1. The SMILES string of the molecule is CCC[C@@H](c1ccc(-c2ccc(C)nn2)cc1)N1CC[C@](CC(C)(C)O)(c2ccccc2)OC1=O. The Labute approximate surface area is 208 Å². The third kappa shape index (κ3) is 5.70. The Bertz CT molecular complexity index is 1120. The van der Waals surface area contributed by atoms with E-state index < -0.39 is 11.2 Å². The second-order valence-corrected chi connectivity index (χ2v) is 10.1. The van der Waals surface area contributed by atoms with Crippen molar-refractivity contribution >= 4 is 6.09 Å². The number of aryl methyl sites for hydroxylation is 1. The number of carbonyl (C=O) groups excluding carboxylic acids is 1. The minimum absolute atomic E-state index is 0.0819. The summed E-state index contributed by atoms with van der Waals surface area (Å²) in [5.41, 5.74) is 2.87. The highest BCUT2D eigenvalue weighted by atomic mass is 16.6. The Morgan fingerprint density at radius 3 is 2.34 bits per heavy atom. The Hall–Kier alpha value is -3.25. The van der Waals surface area contributed by atoms with Crippen molar-refractivity contribution in [2.24, 2.45) is 0 Å². The average molecular weight is 474 g/mol. The predicted molar refractivity (Wildman–Crippen MR) is 137 cm³/mol. The monoisotopic (exact) mass is 473 g/mol. The van der Waals surface area contributed by atoms with Crippen molar-refractivity contribution in [1.29, 1.82) is 0 Å². The van der Waals surface area contributed by atoms with Crippen LogP contribution < -0.4 is 0 Å². The molecule has 0 radical (unpaired) electrons. The molecule has 35 heavy (non-hydrogen) atoms. The van der Waals surface area contributed by atoms with Gasteiger partial charge in [-0.1, -0.05) is 67.9 Å². The van der Waals surface area contributed by atoms with Crippen LogP contribution in [-0.4, -0.2) is 38.4 Å². The smallest absolute Gasteiger partial charge is 0.411 e. The highest BCUT2D eigenvalue weighted by Crippen LogP contribution is 2.43. The first-order valence-corrected chi connectivity index (χ1v) is 12.4. The molecule has 0 bridgehead atoms. The van der Waals surface area contributed by atoms with Gasteiger partial charge in [-0.15, -0.1) is 0 Å². The third-order valence-electron chi connectivity index (χ3n) is 6.62. The van der Waals surface area contributed by atoms with E-state index in [2.05, 4.69) is 29.3 Å². The first-order valence-electron chi connectivity index (χ1n) is 12.4. The molecule has 4 rings (SSSR count). The molecular formula is C29H35N3O3. The summed E-state index contributed by atoms with van der Waals surface area (Å²) in [4.78, 5) is 15.3. The van der Waals surface area contributed by atoms with Crippen molar-refractivity contribution in [1.82, 2.24) is 15.1 Å². The molecule has 2 heterocycles. The Kier molecular flexibility index (Phi) is 7.22. The topological polar surface area (TPSA) is 75.6 Å². The Balaban J connectivity index is 1.58. The van der Waals surface area contributed by atoms with Gasteiger partial charge in [0.15, 0.2) is 0 Å². The summed E-state index contributed by atoms with van der Waals surface area (Å²) in [6, 6.07) is 21.8. The molecule has 0 aliphatic carbocycles. The molecular weight excluding hydrogens is 438 g/mol. The number of hydrogen-bond acceptors (Lipinski definition) is 5. The summed E-state index contributed by atoms with van der Waals surface area (Å²) in [6.45, 7) is 8.12. The van der Waals surface area contributed by atoms with E-state index in [0.717, 1.165) is 40.9 Å². The number of amides is 1. The van der Waals surface area contributed by atoms with Gasteiger partial charge >= 0.3 is 6.09 Å². The number of nitrogens with zero attached hydrogens (tertiary/aromatic N) is 3. The van der Waals surface area contributed by atoms with Crippen LogP contribution in [0.5, 0.6) is 0 Å². The van der Waals surface area contributed by atoms with Gasteiger partial charge in [-0.3, -0.25) is 0 Å². The van der Waals surface area contributed by atoms with E-state index in [4.69, 9.17) is 4.74 Å². The van der Waals surface area contributed by atoms with Gasteiger partial charge in [0.05, 0.1) is 23.0 Å². The van der Waals surface area contributed by atoms with Crippen LogP contribution in [0.4, 0.5) is 4.79 Å². The van der Waals surface area contributed by atoms with Crippen molar-refractivity contribution in [2.45, 2.75) is 70.6 Å². The number of cyclic esters (lactones) is 1. The van der Waals surface area contributed by atoms with E-state index >= 15 is 0 Å². The van der Waals surface area contributed by atoms with Crippen molar-refractivity contribution in [3.8, 4) is 11.3 Å². The van der Waals surface area contributed by atoms with Crippen molar-refractivity contribution in [3.05, 3.63) is 83.6 Å². The van der Waals surface area contributed by atoms with Gasteiger partial charge < -0.3 is 14.7 Å². The minimum atomic E-state index is -0.976. The molecule has 1 aliphatic heterocycles. The highest BCUT2D eigenvalue weighted by Gasteiger charge is 2.46. The van der Waals surface area contributed by atoms with Crippen LogP contribution in [-0.2, 0) is 10.3 Å². The van der Waals surface area contributed by atoms with E-state index in [1.165, 1.54) is 0 Å². The van der Waals surface area contributed by atoms with Crippen LogP contribution in [0, 0.1) is 6.92 Å². The van der Waals surface area contributed by atoms with Crippen LogP contribution in [0.25, 0.3) is 11.3 Å². The fourth-order valence-corrected chi connectivity index (χ4v) is 5.03. The average Bonchev–Trinajstić information content (AvgIpc) is 2.83. The van der Waals surface area contributed by atoms with E-state index in [0.29, 0.717) is 19.4 Å². The molecule has 184 valence electrons. The molecule has 1 fully saturated rings. The lowest BCUT2D eigenvalue weighted by atomic mass is 9.80. The molecule has 1 aromatic heterocycles. The maximum atomic E-state index is 13.5. The number of ether oxygens (including phenoxy) is 1. The molecule has 6 nitrogen and oxygen atoms in total. The van der Waals surface area contributed by atoms with Crippen LogP contribution in [0.2, 0.25) is 0 Å². The number of rotatable bonds is 8. The molecule has 6 heteroatoms. The van der Waals surface area contributed by atoms with Crippen LogP contribution in [0.15, 0.2) is 66.7 Å². The largest absolute Gasteiger partial charge is 0.438 e. The Morgan fingerprint density at radius 1 is 1.06 bits per heavy atom. The lowest BCUT2D eigenvalue weighted by Gasteiger charge is -2.46. The van der Waals surface area contributed by atoms with Crippen LogP contribution in [0.1, 0.15) is 69.3 Å². The minimum Gasteiger partial charge on any atom is -0.438 e. The number of aliphatic hydroxyl groups is 1. The zero-order valence-electron chi connectivity index (χ0n) is 21.1. The number of carbonyl (C=O) groups is 1. The van der Waals surface area contributed by atoms with E-state index in [-0.39, 0.29) is 12.1 Å². The summed E-state index contributed by atoms with van der Waals surface area (Å²) >= 11 is 0. The molecule has 2 aromatic carbocycles. The van der Waals surface area contributed by atoms with Crippen molar-refractivity contribution < 1.29 is 14.6 Å². The van der Waals surface area contributed by atoms with Gasteiger partial charge in [-0.2, -0.15) is 10.2 Å². The van der Waals surface area contributed by atoms with Gasteiger partial charge in [0.2, 0.25) is 0 Å². The summed E-state index contributed by atoms with van der Waals surface area (Å²) in [6.07, 6.45) is 2.39. The standard InChI is InChI=1S/C29H35N3O3/c1-5-9-26(23-15-13-22(14-16-23)25-17-12-21(2)30-31-25)32-19-18-29(35-27(32)33,20-28(3,4)34)24-10-7-6-8-11-24/h6-8,10-17,26,34H,5,9,18-20H2,1-4H3/t26-,29-/m0/s1. The maximum absolute atomic E-state index is 13.5. The first kappa shape index (κ1) is 24.9. The van der Waals surface area contributed by atoms with Gasteiger partial charge in [-0.25, -0.2) is 4.79 Å². The van der Waals surface area contributed by atoms with Crippen molar-refractivity contribution in [2.75, 3.05) is 6.54 Å². The van der Waals surface area contributed by atoms with Crippen LogP contribution in [0.3, 0.4) is 0 Å². The van der Waals surface area contributed by atoms with E-state index in [1.54, 1.807) is 13.8 Å². The normalized spacial score (nSPS) is 19.3. The quantitative estimate of drug-likeness (QED) is 0.422. The molecule has 0 spiro atoms. The zero-order chi connectivity index (χ0) is 25.1. The summed E-state index contributed by atoms with van der Waals surface area (Å²) < 4.78 is 6.21. The third-order valence-corrected chi connectivity index (χ3v) is 6.62. The molecule has 1 saturated heterocycles. The lowest BCUT2D eigenvalue weighted by Crippen LogP contribution is -2.51. The molecule has 3 aromatic rings. The molecule has 0 saturated carbocycles. The van der Waals surface area contributed by atoms with E-state index in [9.17, 15) is 9.90 Å². The molecule has 0 unspecified atom stereocenters. The molecule has 1 aliphatic rings. The highest BCUT2D eigenvalue weighted by molar-refractivity contribution is 5.70. The molecule has 2 atom stereocenters. The van der Waals surface area contributed by atoms with Gasteiger partial charge in [0, 0.05) is 24.9 Å². The molecule has 1 N–H and O–H groups in total. The second-order valence-electron chi connectivity index (χ2n) is 10.1. The summed E-state index contributed by atoms with van der Waals surface area (Å²) in [5, 5.41) is 19.1. The van der Waals surface area contributed by atoms with Gasteiger partial charge in [0.25, 0.3) is 0 Å². The maximum Gasteiger partial charge on any atom is 0.411 e. The lowest BCUT2D eigenvalue weighted by molar-refractivity contribution is -0.102. The van der Waals surface area contributed by atoms with E-state index in [1.807, 2.05) is 66.4 Å². The number of hydrogen-bond donors (Lipinski definition) is 1. The second kappa shape index (κ2) is 10.2. The van der Waals surface area contributed by atoms with Gasteiger partial charge in [0.1, 0.15) is 5.60 Å². The first-order chi connectivity index (χ1) is 16.7.